The molecule has 2 nitrogen and oxygen atoms in total. The van der Waals surface area contributed by atoms with Crippen LogP contribution in [0.5, 0.6) is 0 Å². The normalized spacial score (nSPS) is 13.9. The minimum atomic E-state index is -1.49. The zero-order valence-corrected chi connectivity index (χ0v) is 14.0. The van der Waals surface area contributed by atoms with Gasteiger partial charge >= 0.3 is 0 Å². The van der Waals surface area contributed by atoms with Crippen LogP contribution in [-0.2, 0) is 0 Å². The number of aliphatic hydroxyl groups is 2. The van der Waals surface area contributed by atoms with Crippen LogP contribution in [0, 0.1) is 0 Å². The number of rotatable bonds is 11. The Morgan fingerprint density at radius 3 is 2.29 bits per heavy atom. The van der Waals surface area contributed by atoms with Gasteiger partial charge in [0.25, 0.3) is 0 Å². The lowest BCUT2D eigenvalue weighted by Crippen LogP contribution is -2.31. The highest BCUT2D eigenvalue weighted by atomic mass is 79.9. The Kier molecular flexibility index (Phi) is 11.3. The predicted octanol–water partition coefficient (Wildman–Crippen LogP) is 4.36. The molecule has 104 valence electrons. The third kappa shape index (κ3) is 11.7. The van der Waals surface area contributed by atoms with Crippen LogP contribution in [0.3, 0.4) is 0 Å². The third-order valence-corrected chi connectivity index (χ3v) is 4.22. The van der Waals surface area contributed by atoms with Gasteiger partial charge in [-0.1, -0.05) is 64.5 Å². The van der Waals surface area contributed by atoms with E-state index in [9.17, 15) is 10.2 Å². The number of alkyl halides is 2. The lowest BCUT2D eigenvalue weighted by molar-refractivity contribution is -0.170. The average molecular weight is 374 g/mol. The molecule has 2 N–H and O–H groups in total. The zero-order valence-electron chi connectivity index (χ0n) is 10.8. The maximum atomic E-state index is 9.78. The van der Waals surface area contributed by atoms with E-state index in [1.165, 1.54) is 19.3 Å². The van der Waals surface area contributed by atoms with Crippen molar-refractivity contribution in [3.63, 3.8) is 0 Å². The van der Waals surface area contributed by atoms with Crippen LogP contribution in [-0.4, -0.2) is 26.2 Å². The summed E-state index contributed by atoms with van der Waals surface area (Å²) in [4.78, 5) is 0.221. The van der Waals surface area contributed by atoms with Gasteiger partial charge in [-0.15, -0.1) is 0 Å². The first-order valence-electron chi connectivity index (χ1n) is 6.66. The number of hydrogen-bond acceptors (Lipinski definition) is 2. The van der Waals surface area contributed by atoms with E-state index >= 15 is 0 Å². The first-order chi connectivity index (χ1) is 8.02. The lowest BCUT2D eigenvalue weighted by Gasteiger charge is -2.24. The molecule has 0 saturated heterocycles. The molecular formula is C13H26Br2O2. The molecule has 0 rings (SSSR count). The highest BCUT2D eigenvalue weighted by Crippen LogP contribution is 2.24. The summed E-state index contributed by atoms with van der Waals surface area (Å²) in [6.07, 6.45) is 8.69. The summed E-state index contributed by atoms with van der Waals surface area (Å²) in [6.45, 7) is 2.06. The molecule has 1 atom stereocenters. The topological polar surface area (TPSA) is 40.5 Å². The second-order valence-electron chi connectivity index (χ2n) is 4.78. The molecule has 0 aliphatic heterocycles. The fraction of sp³-hybridized carbons (Fsp3) is 1.00. The first-order valence-corrected chi connectivity index (χ1v) is 8.70. The van der Waals surface area contributed by atoms with Crippen LogP contribution in [0.2, 0.25) is 0 Å². The van der Waals surface area contributed by atoms with E-state index in [2.05, 4.69) is 38.8 Å². The maximum Gasteiger partial charge on any atom is 0.163 e. The molecule has 0 aromatic carbocycles. The minimum absolute atomic E-state index is 0.221. The predicted molar refractivity (Wildman–Crippen MR) is 80.9 cm³/mol. The van der Waals surface area contributed by atoms with Gasteiger partial charge in [-0.3, -0.25) is 0 Å². The molecule has 0 spiro atoms. The second kappa shape index (κ2) is 10.8. The van der Waals surface area contributed by atoms with Crippen molar-refractivity contribution in [1.29, 1.82) is 0 Å². The minimum Gasteiger partial charge on any atom is -0.366 e. The maximum absolute atomic E-state index is 9.78. The Morgan fingerprint density at radius 2 is 1.71 bits per heavy atom. The Morgan fingerprint density at radius 1 is 1.06 bits per heavy atom. The lowest BCUT2D eigenvalue weighted by atomic mass is 10.0. The molecule has 0 amide bonds. The molecule has 0 heterocycles. The van der Waals surface area contributed by atoms with E-state index in [0.29, 0.717) is 12.8 Å². The van der Waals surface area contributed by atoms with Crippen LogP contribution < -0.4 is 0 Å². The van der Waals surface area contributed by atoms with Crippen molar-refractivity contribution in [2.24, 2.45) is 0 Å². The molecule has 0 aliphatic carbocycles. The van der Waals surface area contributed by atoms with Gasteiger partial charge in [-0.25, -0.2) is 0 Å². The zero-order chi connectivity index (χ0) is 13.1. The van der Waals surface area contributed by atoms with Crippen LogP contribution in [0.25, 0.3) is 0 Å². The Balaban J connectivity index is 3.58. The quantitative estimate of drug-likeness (QED) is 0.321. The monoisotopic (exact) mass is 372 g/mol. The molecule has 0 bridgehead atoms. The fourth-order valence-corrected chi connectivity index (χ4v) is 3.07. The van der Waals surface area contributed by atoms with Crippen molar-refractivity contribution >= 4 is 31.9 Å². The summed E-state index contributed by atoms with van der Waals surface area (Å²) < 4.78 is 0. The van der Waals surface area contributed by atoms with Crippen molar-refractivity contribution in [2.45, 2.75) is 75.3 Å². The Hall–Kier alpha value is 0.880. The highest BCUT2D eigenvalue weighted by Gasteiger charge is 2.25. The molecule has 0 saturated carbocycles. The van der Waals surface area contributed by atoms with Crippen LogP contribution in [0.1, 0.15) is 64.7 Å². The smallest absolute Gasteiger partial charge is 0.163 e. The molecule has 1 unspecified atom stereocenters. The summed E-state index contributed by atoms with van der Waals surface area (Å²) in [6, 6.07) is 0. The van der Waals surface area contributed by atoms with Crippen molar-refractivity contribution in [1.82, 2.24) is 0 Å². The van der Waals surface area contributed by atoms with E-state index in [1.54, 1.807) is 0 Å². The van der Waals surface area contributed by atoms with Gasteiger partial charge in [0.2, 0.25) is 0 Å². The average Bonchev–Trinajstić information content (AvgIpc) is 2.25. The van der Waals surface area contributed by atoms with Crippen LogP contribution in [0.15, 0.2) is 0 Å². The number of hydrogen-bond donors (Lipinski definition) is 2. The Bertz CT molecular complexity index is 175. The fourth-order valence-electron chi connectivity index (χ4n) is 1.83. The summed E-state index contributed by atoms with van der Waals surface area (Å²) >= 11 is 6.96. The number of unbranched alkanes of at least 4 members (excludes halogenated alkanes) is 4. The molecule has 0 fully saturated rings. The van der Waals surface area contributed by atoms with Gasteiger partial charge in [-0.2, -0.15) is 0 Å². The SMILES string of the molecule is CCCCC(O)(O)CC(Br)CCCCCCBr. The van der Waals surface area contributed by atoms with Gasteiger partial charge in [0.1, 0.15) is 0 Å². The van der Waals surface area contributed by atoms with E-state index in [0.717, 1.165) is 31.0 Å². The van der Waals surface area contributed by atoms with Crippen molar-refractivity contribution in [3.8, 4) is 0 Å². The van der Waals surface area contributed by atoms with Crippen molar-refractivity contribution in [2.75, 3.05) is 5.33 Å². The molecule has 0 aromatic heterocycles. The molecule has 4 heteroatoms. The van der Waals surface area contributed by atoms with E-state index in [1.807, 2.05) is 0 Å². The Labute approximate surface area is 122 Å². The summed E-state index contributed by atoms with van der Waals surface area (Å²) in [7, 11) is 0. The van der Waals surface area contributed by atoms with E-state index < -0.39 is 5.79 Å². The summed E-state index contributed by atoms with van der Waals surface area (Å²) in [5, 5.41) is 20.6. The van der Waals surface area contributed by atoms with E-state index in [4.69, 9.17) is 0 Å². The third-order valence-electron chi connectivity index (χ3n) is 2.88. The van der Waals surface area contributed by atoms with Gasteiger partial charge in [0.15, 0.2) is 5.79 Å². The second-order valence-corrected chi connectivity index (χ2v) is 6.87. The van der Waals surface area contributed by atoms with Gasteiger partial charge in [-0.05, 0) is 19.3 Å². The largest absolute Gasteiger partial charge is 0.366 e. The number of halogens is 2. The van der Waals surface area contributed by atoms with E-state index in [-0.39, 0.29) is 4.83 Å². The molecule has 0 aliphatic rings. The summed E-state index contributed by atoms with van der Waals surface area (Å²) in [5.74, 6) is -1.49. The highest BCUT2D eigenvalue weighted by molar-refractivity contribution is 9.09. The van der Waals surface area contributed by atoms with Crippen molar-refractivity contribution in [3.05, 3.63) is 0 Å². The molecule has 0 radical (unpaired) electrons. The standard InChI is InChI=1S/C13H26Br2O2/c1-2-3-9-13(16,17)11-12(15)8-6-4-5-7-10-14/h12,16-17H,2-11H2,1H3. The molecular weight excluding hydrogens is 348 g/mol. The van der Waals surface area contributed by atoms with Crippen molar-refractivity contribution < 1.29 is 10.2 Å². The first kappa shape index (κ1) is 17.9. The summed E-state index contributed by atoms with van der Waals surface area (Å²) in [5.41, 5.74) is 0. The van der Waals surface area contributed by atoms with Gasteiger partial charge in [0.05, 0.1) is 0 Å². The molecule has 17 heavy (non-hydrogen) atoms. The molecule has 0 aromatic rings. The van der Waals surface area contributed by atoms with Gasteiger partial charge < -0.3 is 10.2 Å². The van der Waals surface area contributed by atoms with Crippen LogP contribution in [0.4, 0.5) is 0 Å². The van der Waals surface area contributed by atoms with Gasteiger partial charge in [0, 0.05) is 23.0 Å². The van der Waals surface area contributed by atoms with Crippen LogP contribution >= 0.6 is 31.9 Å².